The second-order valence-electron chi connectivity index (χ2n) is 5.74. The molecule has 3 rings (SSSR count). The fourth-order valence-corrected chi connectivity index (χ4v) is 2.67. The largest absolute Gasteiger partial charge is 0.493 e. The number of aromatic nitrogens is 1. The zero-order valence-electron chi connectivity index (χ0n) is 14.2. The Labute approximate surface area is 142 Å². The van der Waals surface area contributed by atoms with Crippen LogP contribution < -0.4 is 9.47 Å². The van der Waals surface area contributed by atoms with E-state index in [0.717, 1.165) is 28.3 Å². The third kappa shape index (κ3) is 3.40. The van der Waals surface area contributed by atoms with Crippen molar-refractivity contribution in [3.05, 3.63) is 77.6 Å². The van der Waals surface area contributed by atoms with Gasteiger partial charge in [0.2, 0.25) is 0 Å². The molecule has 0 saturated heterocycles. The van der Waals surface area contributed by atoms with Gasteiger partial charge in [0.1, 0.15) is 6.61 Å². The molecule has 1 heterocycles. The van der Waals surface area contributed by atoms with Gasteiger partial charge < -0.3 is 9.47 Å². The third-order valence-electron chi connectivity index (χ3n) is 4.10. The van der Waals surface area contributed by atoms with Crippen LogP contribution in [0.15, 0.2) is 60.8 Å². The van der Waals surface area contributed by atoms with Gasteiger partial charge in [-0.05, 0) is 54.3 Å². The van der Waals surface area contributed by atoms with Gasteiger partial charge in [-0.3, -0.25) is 4.98 Å². The minimum atomic E-state index is 0.417. The van der Waals surface area contributed by atoms with E-state index in [2.05, 4.69) is 30.1 Å². The Bertz CT molecular complexity index is 843. The van der Waals surface area contributed by atoms with Crippen molar-refractivity contribution in [3.8, 4) is 22.6 Å². The van der Waals surface area contributed by atoms with Gasteiger partial charge in [-0.1, -0.05) is 36.4 Å². The number of hydrogen-bond donors (Lipinski definition) is 0. The van der Waals surface area contributed by atoms with Crippen molar-refractivity contribution in [1.82, 2.24) is 4.98 Å². The maximum absolute atomic E-state index is 6.01. The second kappa shape index (κ2) is 7.18. The monoisotopic (exact) mass is 319 g/mol. The number of aryl methyl sites for hydroxylation is 2. The summed E-state index contributed by atoms with van der Waals surface area (Å²) in [7, 11) is 1.65. The normalized spacial score (nSPS) is 10.5. The summed E-state index contributed by atoms with van der Waals surface area (Å²) in [6, 6.07) is 18.3. The number of ether oxygens (including phenoxy) is 2. The van der Waals surface area contributed by atoms with Gasteiger partial charge >= 0.3 is 0 Å². The summed E-state index contributed by atoms with van der Waals surface area (Å²) in [5, 5.41) is 0. The number of pyridine rings is 1. The van der Waals surface area contributed by atoms with E-state index in [4.69, 9.17) is 9.47 Å². The van der Waals surface area contributed by atoms with Crippen LogP contribution in [0, 0.1) is 13.8 Å². The summed E-state index contributed by atoms with van der Waals surface area (Å²) in [5.74, 6) is 1.45. The lowest BCUT2D eigenvalue weighted by Crippen LogP contribution is -2.02. The van der Waals surface area contributed by atoms with E-state index < -0.39 is 0 Å². The van der Waals surface area contributed by atoms with Gasteiger partial charge in [-0.15, -0.1) is 0 Å². The Morgan fingerprint density at radius 3 is 2.42 bits per heavy atom. The predicted octanol–water partition coefficient (Wildman–Crippen LogP) is 4.95. The summed E-state index contributed by atoms with van der Waals surface area (Å²) in [6.45, 7) is 4.56. The summed E-state index contributed by atoms with van der Waals surface area (Å²) in [6.07, 6.45) is 1.78. The first kappa shape index (κ1) is 16.1. The van der Waals surface area contributed by atoms with E-state index in [1.165, 1.54) is 11.1 Å². The van der Waals surface area contributed by atoms with E-state index in [1.807, 2.05) is 43.3 Å². The fraction of sp³-hybridized carbons (Fsp3) is 0.190. The van der Waals surface area contributed by atoms with E-state index in [9.17, 15) is 0 Å². The molecule has 0 aliphatic rings. The van der Waals surface area contributed by atoms with Gasteiger partial charge in [0.15, 0.2) is 11.5 Å². The highest BCUT2D eigenvalue weighted by Crippen LogP contribution is 2.34. The fourth-order valence-electron chi connectivity index (χ4n) is 2.67. The minimum Gasteiger partial charge on any atom is -0.493 e. The quantitative estimate of drug-likeness (QED) is 0.666. The molecule has 3 nitrogen and oxygen atoms in total. The van der Waals surface area contributed by atoms with Crippen molar-refractivity contribution >= 4 is 0 Å². The average Bonchev–Trinajstić information content (AvgIpc) is 2.61. The van der Waals surface area contributed by atoms with Crippen LogP contribution in [0.1, 0.15) is 16.8 Å². The van der Waals surface area contributed by atoms with Crippen LogP contribution in [0.3, 0.4) is 0 Å². The Kier molecular flexibility index (Phi) is 4.80. The Morgan fingerprint density at radius 1 is 0.875 bits per heavy atom. The van der Waals surface area contributed by atoms with Gasteiger partial charge in [0.05, 0.1) is 12.8 Å². The molecule has 0 amide bonds. The number of nitrogens with zero attached hydrogens (tertiary/aromatic N) is 1. The predicted molar refractivity (Wildman–Crippen MR) is 96.5 cm³/mol. The molecule has 0 aliphatic heterocycles. The molecule has 122 valence electrons. The SMILES string of the molecule is COc1ccc(-c2ccccc2C)cc1OCc1ncccc1C. The molecule has 0 saturated carbocycles. The molecule has 24 heavy (non-hydrogen) atoms. The molecule has 3 heteroatoms. The van der Waals surface area contributed by atoms with Crippen molar-refractivity contribution < 1.29 is 9.47 Å². The Balaban J connectivity index is 1.90. The lowest BCUT2D eigenvalue weighted by molar-refractivity contribution is 0.280. The molecule has 0 aliphatic carbocycles. The van der Waals surface area contributed by atoms with E-state index in [1.54, 1.807) is 13.3 Å². The average molecular weight is 319 g/mol. The highest BCUT2D eigenvalue weighted by Gasteiger charge is 2.10. The van der Waals surface area contributed by atoms with Crippen molar-refractivity contribution in [1.29, 1.82) is 0 Å². The number of rotatable bonds is 5. The zero-order chi connectivity index (χ0) is 16.9. The van der Waals surface area contributed by atoms with Crippen molar-refractivity contribution in [3.63, 3.8) is 0 Å². The zero-order valence-corrected chi connectivity index (χ0v) is 14.2. The van der Waals surface area contributed by atoms with Crippen LogP contribution in [0.5, 0.6) is 11.5 Å². The van der Waals surface area contributed by atoms with Gasteiger partial charge in [0, 0.05) is 6.20 Å². The number of hydrogen-bond acceptors (Lipinski definition) is 3. The van der Waals surface area contributed by atoms with Gasteiger partial charge in [0.25, 0.3) is 0 Å². The molecule has 1 aromatic heterocycles. The van der Waals surface area contributed by atoms with Gasteiger partial charge in [-0.25, -0.2) is 0 Å². The highest BCUT2D eigenvalue weighted by molar-refractivity contribution is 5.70. The molecular formula is C21H21NO2. The van der Waals surface area contributed by atoms with E-state index in [-0.39, 0.29) is 0 Å². The van der Waals surface area contributed by atoms with Crippen LogP contribution in [0.4, 0.5) is 0 Å². The standard InChI is InChI=1S/C21H21NO2/c1-15-7-4-5-9-18(15)17-10-11-20(23-3)21(13-17)24-14-19-16(2)8-6-12-22-19/h4-13H,14H2,1-3H3. The van der Waals surface area contributed by atoms with Gasteiger partial charge in [-0.2, -0.15) is 0 Å². The lowest BCUT2D eigenvalue weighted by atomic mass is 10.0. The molecule has 0 bridgehead atoms. The van der Waals surface area contributed by atoms with Crippen molar-refractivity contribution in [2.75, 3.05) is 7.11 Å². The van der Waals surface area contributed by atoms with Crippen LogP contribution in [-0.2, 0) is 6.61 Å². The first-order valence-corrected chi connectivity index (χ1v) is 7.96. The summed E-state index contributed by atoms with van der Waals surface area (Å²) in [4.78, 5) is 4.38. The minimum absolute atomic E-state index is 0.417. The highest BCUT2D eigenvalue weighted by atomic mass is 16.5. The molecule has 0 fully saturated rings. The summed E-state index contributed by atoms with van der Waals surface area (Å²) < 4.78 is 11.4. The van der Waals surface area contributed by atoms with Crippen molar-refractivity contribution in [2.45, 2.75) is 20.5 Å². The van der Waals surface area contributed by atoms with Crippen LogP contribution in [-0.4, -0.2) is 12.1 Å². The lowest BCUT2D eigenvalue weighted by Gasteiger charge is -2.14. The maximum atomic E-state index is 6.01. The summed E-state index contributed by atoms with van der Waals surface area (Å²) >= 11 is 0. The molecule has 0 spiro atoms. The molecular weight excluding hydrogens is 298 g/mol. The molecule has 0 unspecified atom stereocenters. The topological polar surface area (TPSA) is 31.4 Å². The van der Waals surface area contributed by atoms with E-state index >= 15 is 0 Å². The van der Waals surface area contributed by atoms with Crippen molar-refractivity contribution in [2.24, 2.45) is 0 Å². The maximum Gasteiger partial charge on any atom is 0.162 e. The second-order valence-corrected chi connectivity index (χ2v) is 5.74. The number of benzene rings is 2. The van der Waals surface area contributed by atoms with Crippen LogP contribution in [0.2, 0.25) is 0 Å². The first-order chi connectivity index (χ1) is 11.7. The molecule has 2 aromatic carbocycles. The molecule has 3 aromatic rings. The smallest absolute Gasteiger partial charge is 0.162 e. The third-order valence-corrected chi connectivity index (χ3v) is 4.10. The first-order valence-electron chi connectivity index (χ1n) is 7.96. The Morgan fingerprint density at radius 2 is 1.67 bits per heavy atom. The summed E-state index contributed by atoms with van der Waals surface area (Å²) in [5.41, 5.74) is 5.59. The molecule has 0 N–H and O–H groups in total. The number of methoxy groups -OCH3 is 1. The molecule has 0 radical (unpaired) electrons. The van der Waals surface area contributed by atoms with Crippen LogP contribution in [0.25, 0.3) is 11.1 Å². The molecule has 0 atom stereocenters. The Hall–Kier alpha value is -2.81. The van der Waals surface area contributed by atoms with Crippen LogP contribution >= 0.6 is 0 Å². The van der Waals surface area contributed by atoms with E-state index in [0.29, 0.717) is 6.61 Å².